The minimum atomic E-state index is -2.35. The van der Waals surface area contributed by atoms with E-state index in [4.69, 9.17) is 4.74 Å². The first-order valence-corrected chi connectivity index (χ1v) is 12.1. The number of hydrogen-bond donors (Lipinski definition) is 1. The van der Waals surface area contributed by atoms with Crippen molar-refractivity contribution < 1.29 is 18.3 Å². The van der Waals surface area contributed by atoms with Crippen molar-refractivity contribution in [3.05, 3.63) is 59.6 Å². The molecule has 11 heteroatoms. The number of nitrogens with zero attached hydrogens (tertiary/aromatic N) is 6. The third kappa shape index (κ3) is 4.32. The van der Waals surface area contributed by atoms with E-state index in [1.165, 1.54) is 0 Å². The monoisotopic (exact) mass is 495 g/mol. The van der Waals surface area contributed by atoms with Crippen LogP contribution in [0.15, 0.2) is 36.7 Å². The van der Waals surface area contributed by atoms with Crippen LogP contribution in [0.3, 0.4) is 0 Å². The number of halogens is 2. The number of aryl methyl sites for hydroxylation is 1. The van der Waals surface area contributed by atoms with Crippen LogP contribution in [0.5, 0.6) is 0 Å². The zero-order valence-electron chi connectivity index (χ0n) is 19.9. The number of ether oxygens (including phenoxy) is 1. The van der Waals surface area contributed by atoms with Crippen molar-refractivity contribution in [2.24, 2.45) is 13.0 Å². The predicted octanol–water partition coefficient (Wildman–Crippen LogP) is 2.95. The Morgan fingerprint density at radius 3 is 2.67 bits per heavy atom. The maximum absolute atomic E-state index is 13.2. The van der Waals surface area contributed by atoms with Crippen LogP contribution in [0.4, 0.5) is 20.3 Å². The van der Waals surface area contributed by atoms with Gasteiger partial charge in [-0.25, -0.2) is 18.7 Å². The highest BCUT2D eigenvalue weighted by Crippen LogP contribution is 2.40. The summed E-state index contributed by atoms with van der Waals surface area (Å²) < 4.78 is 33.4. The van der Waals surface area contributed by atoms with Crippen LogP contribution in [0.1, 0.15) is 46.5 Å². The van der Waals surface area contributed by atoms with Crippen LogP contribution in [0.2, 0.25) is 0 Å². The molecule has 3 fully saturated rings. The van der Waals surface area contributed by atoms with Gasteiger partial charge in [-0.05, 0) is 30.5 Å². The molecule has 1 amide bonds. The molecular formula is C25H27F2N7O2. The summed E-state index contributed by atoms with van der Waals surface area (Å²) in [6.45, 7) is 1.59. The fourth-order valence-corrected chi connectivity index (χ4v) is 4.73. The largest absolute Gasteiger partial charge is 0.379 e. The molecule has 9 nitrogen and oxygen atoms in total. The Morgan fingerprint density at radius 2 is 2.03 bits per heavy atom. The van der Waals surface area contributed by atoms with Crippen molar-refractivity contribution in [3.63, 3.8) is 0 Å². The predicted molar refractivity (Wildman–Crippen MR) is 127 cm³/mol. The summed E-state index contributed by atoms with van der Waals surface area (Å²) in [4.78, 5) is 24.1. The molecule has 6 rings (SSSR count). The van der Waals surface area contributed by atoms with Gasteiger partial charge in [-0.15, -0.1) is 10.2 Å². The Labute approximate surface area is 206 Å². The molecule has 36 heavy (non-hydrogen) atoms. The van der Waals surface area contributed by atoms with Crippen molar-refractivity contribution in [2.75, 3.05) is 36.5 Å². The van der Waals surface area contributed by atoms with E-state index in [0.717, 1.165) is 24.2 Å². The molecule has 0 spiro atoms. The van der Waals surface area contributed by atoms with Gasteiger partial charge in [-0.1, -0.05) is 12.1 Å². The van der Waals surface area contributed by atoms with E-state index in [1.807, 2.05) is 35.9 Å². The number of anilines is 2. The molecular weight excluding hydrogens is 468 g/mol. The van der Waals surface area contributed by atoms with Crippen molar-refractivity contribution in [1.29, 1.82) is 0 Å². The summed E-state index contributed by atoms with van der Waals surface area (Å²) in [5.74, 6) is 1.24. The number of carbonyl (C=O) groups excluding carboxylic acids is 1. The highest BCUT2D eigenvalue weighted by atomic mass is 19.3. The third-order valence-corrected chi connectivity index (χ3v) is 7.29. The van der Waals surface area contributed by atoms with Crippen LogP contribution < -0.4 is 10.2 Å². The average Bonchev–Trinajstić information content (AvgIpc) is 3.57. The number of aromatic nitrogens is 5. The van der Waals surface area contributed by atoms with Crippen molar-refractivity contribution in [3.8, 4) is 0 Å². The molecule has 0 bridgehead atoms. The van der Waals surface area contributed by atoms with Gasteiger partial charge in [-0.3, -0.25) is 4.79 Å². The Balaban J connectivity index is 1.22. The number of benzene rings is 1. The second-order valence-electron chi connectivity index (χ2n) is 10.1. The lowest BCUT2D eigenvalue weighted by molar-refractivity contribution is -0.0610. The average molecular weight is 496 g/mol. The van der Waals surface area contributed by atoms with Gasteiger partial charge in [-0.2, -0.15) is 0 Å². The van der Waals surface area contributed by atoms with Crippen molar-refractivity contribution in [1.82, 2.24) is 24.7 Å². The molecule has 1 N–H and O–H groups in total. The van der Waals surface area contributed by atoms with Gasteiger partial charge in [0, 0.05) is 49.6 Å². The van der Waals surface area contributed by atoms with Crippen LogP contribution >= 0.6 is 0 Å². The SMILES string of the molecule is Cn1cnnc1CC1(c2cccc(NC(=O)c3cc(N4CC(C(F)F)C4)nc(C4CC4)n3)c2)COC1. The zero-order chi connectivity index (χ0) is 24.9. The molecule has 2 aromatic heterocycles. The fourth-order valence-electron chi connectivity index (χ4n) is 4.73. The number of carbonyl (C=O) groups is 1. The molecule has 2 saturated heterocycles. The summed E-state index contributed by atoms with van der Waals surface area (Å²) in [6.07, 6.45) is 1.96. The third-order valence-electron chi connectivity index (χ3n) is 7.29. The molecule has 0 radical (unpaired) electrons. The first-order valence-electron chi connectivity index (χ1n) is 12.1. The van der Waals surface area contributed by atoms with Gasteiger partial charge in [0.25, 0.3) is 5.91 Å². The second kappa shape index (κ2) is 8.88. The molecule has 2 aliphatic heterocycles. The quantitative estimate of drug-likeness (QED) is 0.513. The molecule has 1 aromatic carbocycles. The normalized spacial score (nSPS) is 19.2. The minimum Gasteiger partial charge on any atom is -0.379 e. The molecule has 4 heterocycles. The van der Waals surface area contributed by atoms with Crippen LogP contribution in [-0.4, -0.2) is 63.4 Å². The molecule has 3 aromatic rings. The number of amides is 1. The molecule has 1 aliphatic carbocycles. The smallest absolute Gasteiger partial charge is 0.274 e. The maximum atomic E-state index is 13.2. The number of alkyl halides is 2. The fraction of sp³-hybridized carbons (Fsp3) is 0.480. The summed E-state index contributed by atoms with van der Waals surface area (Å²) in [5, 5.41) is 11.2. The topological polar surface area (TPSA) is 98.1 Å². The van der Waals surface area contributed by atoms with E-state index in [0.29, 0.717) is 37.0 Å². The van der Waals surface area contributed by atoms with E-state index in [9.17, 15) is 13.6 Å². The standard InChI is InChI=1S/C25H27F2N7O2/c1-33-14-28-32-21(33)9-25(12-36-13-25)17-3-2-4-18(7-17)29-24(35)19-8-20(31-23(30-19)15-5-6-15)34-10-16(11-34)22(26)27/h2-4,7-8,14-16,22H,5-6,9-13H2,1H3,(H,29,35). The number of nitrogens with one attached hydrogen (secondary N) is 1. The summed E-state index contributed by atoms with van der Waals surface area (Å²) >= 11 is 0. The van der Waals surface area contributed by atoms with Gasteiger partial charge in [0.15, 0.2) is 0 Å². The minimum absolute atomic E-state index is 0.228. The van der Waals surface area contributed by atoms with Crippen LogP contribution in [0, 0.1) is 5.92 Å². The van der Waals surface area contributed by atoms with Gasteiger partial charge in [0.05, 0.1) is 19.1 Å². The van der Waals surface area contributed by atoms with E-state index in [2.05, 4.69) is 25.5 Å². The Kier molecular flexibility index (Phi) is 5.66. The van der Waals surface area contributed by atoms with E-state index in [-0.39, 0.29) is 36.0 Å². The van der Waals surface area contributed by atoms with E-state index >= 15 is 0 Å². The van der Waals surface area contributed by atoms with Gasteiger partial charge < -0.3 is 19.5 Å². The molecule has 0 atom stereocenters. The zero-order valence-corrected chi connectivity index (χ0v) is 19.9. The summed E-state index contributed by atoms with van der Waals surface area (Å²) in [6, 6.07) is 9.34. The summed E-state index contributed by atoms with van der Waals surface area (Å²) in [5.41, 5.74) is 1.71. The lowest BCUT2D eigenvalue weighted by Gasteiger charge is -2.41. The molecule has 0 unspecified atom stereocenters. The Hall–Kier alpha value is -3.47. The number of hydrogen-bond acceptors (Lipinski definition) is 7. The van der Waals surface area contributed by atoms with E-state index in [1.54, 1.807) is 17.3 Å². The Bertz CT molecular complexity index is 1280. The highest BCUT2D eigenvalue weighted by molar-refractivity contribution is 6.03. The van der Waals surface area contributed by atoms with Crippen LogP contribution in [0.25, 0.3) is 0 Å². The first kappa shape index (κ1) is 23.0. The van der Waals surface area contributed by atoms with Gasteiger partial charge >= 0.3 is 0 Å². The van der Waals surface area contributed by atoms with E-state index < -0.39 is 12.3 Å². The maximum Gasteiger partial charge on any atom is 0.274 e. The molecule has 1 saturated carbocycles. The van der Waals surface area contributed by atoms with Crippen molar-refractivity contribution in [2.45, 2.75) is 37.0 Å². The lowest BCUT2D eigenvalue weighted by Crippen LogP contribution is -2.50. The van der Waals surface area contributed by atoms with Gasteiger partial charge in [0.1, 0.15) is 29.5 Å². The van der Waals surface area contributed by atoms with Crippen molar-refractivity contribution >= 4 is 17.4 Å². The summed E-state index contributed by atoms with van der Waals surface area (Å²) in [7, 11) is 1.92. The van der Waals surface area contributed by atoms with Gasteiger partial charge in [0.2, 0.25) is 6.43 Å². The Morgan fingerprint density at radius 1 is 1.22 bits per heavy atom. The van der Waals surface area contributed by atoms with Crippen LogP contribution in [-0.2, 0) is 23.6 Å². The highest BCUT2D eigenvalue weighted by Gasteiger charge is 2.42. The number of rotatable bonds is 8. The second-order valence-corrected chi connectivity index (χ2v) is 10.1. The lowest BCUT2D eigenvalue weighted by atomic mass is 9.75. The molecule has 188 valence electrons. The molecule has 3 aliphatic rings. The first-order chi connectivity index (χ1) is 17.4.